The van der Waals surface area contributed by atoms with Crippen LogP contribution in [0.15, 0.2) is 18.2 Å². The molecule has 2 rings (SSSR count). The van der Waals surface area contributed by atoms with Crippen LogP contribution in [0.4, 0.5) is 11.4 Å². The maximum atomic E-state index is 10.9. The SMILES string of the molecule is COc1cc(N2CCCCC2CN)ccc1[N+](=O)[O-]. The van der Waals surface area contributed by atoms with Gasteiger partial charge >= 0.3 is 5.69 Å². The van der Waals surface area contributed by atoms with Crippen molar-refractivity contribution in [2.45, 2.75) is 25.3 Å². The van der Waals surface area contributed by atoms with Gasteiger partial charge in [-0.05, 0) is 25.3 Å². The summed E-state index contributed by atoms with van der Waals surface area (Å²) in [7, 11) is 1.45. The molecule has 0 aromatic heterocycles. The van der Waals surface area contributed by atoms with Gasteiger partial charge in [0.15, 0.2) is 5.75 Å². The lowest BCUT2D eigenvalue weighted by Gasteiger charge is -2.37. The average Bonchev–Trinajstić information content (AvgIpc) is 2.46. The van der Waals surface area contributed by atoms with E-state index in [-0.39, 0.29) is 5.69 Å². The number of hydrogen-bond acceptors (Lipinski definition) is 5. The molecule has 1 atom stereocenters. The van der Waals surface area contributed by atoms with Crippen LogP contribution < -0.4 is 15.4 Å². The largest absolute Gasteiger partial charge is 0.490 e. The number of ether oxygens (including phenoxy) is 1. The summed E-state index contributed by atoms with van der Waals surface area (Å²) in [5.74, 6) is 0.295. The molecular formula is C13H19N3O3. The molecule has 1 fully saturated rings. The Balaban J connectivity index is 2.31. The van der Waals surface area contributed by atoms with Crippen molar-refractivity contribution in [3.8, 4) is 5.75 Å². The molecule has 0 saturated carbocycles. The van der Waals surface area contributed by atoms with Gasteiger partial charge in [0.25, 0.3) is 0 Å². The van der Waals surface area contributed by atoms with E-state index in [4.69, 9.17) is 10.5 Å². The summed E-state index contributed by atoms with van der Waals surface area (Å²) in [6.07, 6.45) is 3.37. The summed E-state index contributed by atoms with van der Waals surface area (Å²) in [4.78, 5) is 12.7. The van der Waals surface area contributed by atoms with E-state index >= 15 is 0 Å². The van der Waals surface area contributed by atoms with Gasteiger partial charge in [-0.1, -0.05) is 0 Å². The van der Waals surface area contributed by atoms with Crippen molar-refractivity contribution in [2.75, 3.05) is 25.1 Å². The van der Waals surface area contributed by atoms with Crippen molar-refractivity contribution >= 4 is 11.4 Å². The van der Waals surface area contributed by atoms with Crippen LogP contribution >= 0.6 is 0 Å². The fraction of sp³-hybridized carbons (Fsp3) is 0.538. The van der Waals surface area contributed by atoms with E-state index in [9.17, 15) is 10.1 Å². The lowest BCUT2D eigenvalue weighted by molar-refractivity contribution is -0.385. The van der Waals surface area contributed by atoms with Gasteiger partial charge in [0, 0.05) is 37.0 Å². The molecule has 1 unspecified atom stereocenters. The van der Waals surface area contributed by atoms with Gasteiger partial charge in [-0.3, -0.25) is 10.1 Å². The number of piperidine rings is 1. The number of benzene rings is 1. The Morgan fingerprint density at radius 2 is 2.32 bits per heavy atom. The first-order valence-corrected chi connectivity index (χ1v) is 6.46. The Bertz CT molecular complexity index is 464. The van der Waals surface area contributed by atoms with Crippen LogP contribution in [0, 0.1) is 10.1 Å². The number of hydrogen-bond donors (Lipinski definition) is 1. The van der Waals surface area contributed by atoms with E-state index in [1.54, 1.807) is 12.1 Å². The van der Waals surface area contributed by atoms with Crippen molar-refractivity contribution in [1.82, 2.24) is 0 Å². The molecule has 1 aliphatic heterocycles. The van der Waals surface area contributed by atoms with Gasteiger partial charge in [0.2, 0.25) is 0 Å². The molecule has 1 heterocycles. The van der Waals surface area contributed by atoms with Crippen LogP contribution in [0.25, 0.3) is 0 Å². The highest BCUT2D eigenvalue weighted by atomic mass is 16.6. The zero-order valence-corrected chi connectivity index (χ0v) is 11.0. The molecule has 0 aliphatic carbocycles. The number of methoxy groups -OCH3 is 1. The van der Waals surface area contributed by atoms with Crippen LogP contribution in [-0.4, -0.2) is 31.2 Å². The van der Waals surface area contributed by atoms with Gasteiger partial charge in [-0.2, -0.15) is 0 Å². The molecule has 2 N–H and O–H groups in total. The van der Waals surface area contributed by atoms with Crippen LogP contribution in [0.5, 0.6) is 5.75 Å². The maximum Gasteiger partial charge on any atom is 0.311 e. The quantitative estimate of drug-likeness (QED) is 0.664. The Hall–Kier alpha value is -1.82. The molecule has 0 bridgehead atoms. The van der Waals surface area contributed by atoms with E-state index in [2.05, 4.69) is 4.90 Å². The maximum absolute atomic E-state index is 10.9. The van der Waals surface area contributed by atoms with E-state index in [1.807, 2.05) is 0 Å². The first kappa shape index (κ1) is 13.6. The number of rotatable bonds is 4. The molecule has 19 heavy (non-hydrogen) atoms. The van der Waals surface area contributed by atoms with Crippen molar-refractivity contribution in [3.63, 3.8) is 0 Å². The molecule has 1 saturated heterocycles. The van der Waals surface area contributed by atoms with Crippen molar-refractivity contribution in [3.05, 3.63) is 28.3 Å². The second-order valence-corrected chi connectivity index (χ2v) is 4.69. The minimum absolute atomic E-state index is 0.00689. The third kappa shape index (κ3) is 2.78. The summed E-state index contributed by atoms with van der Waals surface area (Å²) in [6, 6.07) is 5.30. The zero-order valence-electron chi connectivity index (χ0n) is 11.0. The molecule has 1 aliphatic rings. The third-order valence-corrected chi connectivity index (χ3v) is 3.59. The Morgan fingerprint density at radius 3 is 2.95 bits per heavy atom. The van der Waals surface area contributed by atoms with Gasteiger partial charge in [-0.15, -0.1) is 0 Å². The highest BCUT2D eigenvalue weighted by Crippen LogP contribution is 2.33. The zero-order chi connectivity index (χ0) is 13.8. The van der Waals surface area contributed by atoms with Gasteiger partial charge in [0.1, 0.15) is 0 Å². The number of nitro benzene ring substituents is 1. The predicted molar refractivity (Wildman–Crippen MR) is 73.7 cm³/mol. The molecule has 104 valence electrons. The fourth-order valence-corrected chi connectivity index (χ4v) is 2.58. The summed E-state index contributed by atoms with van der Waals surface area (Å²) in [5, 5.41) is 10.9. The van der Waals surface area contributed by atoms with Crippen LogP contribution in [0.3, 0.4) is 0 Å². The van der Waals surface area contributed by atoms with Gasteiger partial charge in [0.05, 0.1) is 12.0 Å². The second kappa shape index (κ2) is 5.88. The Kier molecular flexibility index (Phi) is 4.21. The molecule has 1 aromatic carbocycles. The monoisotopic (exact) mass is 265 g/mol. The lowest BCUT2D eigenvalue weighted by Crippen LogP contribution is -2.44. The molecule has 0 radical (unpaired) electrons. The molecular weight excluding hydrogens is 246 g/mol. The normalized spacial score (nSPS) is 19.3. The highest BCUT2D eigenvalue weighted by molar-refractivity contribution is 5.60. The van der Waals surface area contributed by atoms with Gasteiger partial charge < -0.3 is 15.4 Å². The first-order valence-electron chi connectivity index (χ1n) is 6.46. The minimum Gasteiger partial charge on any atom is -0.490 e. The molecule has 6 nitrogen and oxygen atoms in total. The van der Waals surface area contributed by atoms with E-state index in [1.165, 1.54) is 19.6 Å². The van der Waals surface area contributed by atoms with Crippen molar-refractivity contribution in [1.29, 1.82) is 0 Å². The summed E-state index contributed by atoms with van der Waals surface area (Å²) in [6.45, 7) is 1.53. The summed E-state index contributed by atoms with van der Waals surface area (Å²) >= 11 is 0. The second-order valence-electron chi connectivity index (χ2n) is 4.69. The Labute approximate surface area is 112 Å². The minimum atomic E-state index is -0.431. The van der Waals surface area contributed by atoms with Gasteiger partial charge in [-0.25, -0.2) is 0 Å². The van der Waals surface area contributed by atoms with Crippen molar-refractivity contribution < 1.29 is 9.66 Å². The highest BCUT2D eigenvalue weighted by Gasteiger charge is 2.23. The summed E-state index contributed by atoms with van der Waals surface area (Å²) in [5.41, 5.74) is 6.73. The molecule has 0 amide bonds. The molecule has 1 aromatic rings. The molecule has 6 heteroatoms. The van der Waals surface area contributed by atoms with E-state index in [0.29, 0.717) is 18.3 Å². The number of nitrogens with two attached hydrogens (primary N) is 1. The van der Waals surface area contributed by atoms with Crippen LogP contribution in [-0.2, 0) is 0 Å². The van der Waals surface area contributed by atoms with E-state index < -0.39 is 4.92 Å². The van der Waals surface area contributed by atoms with Crippen molar-refractivity contribution in [2.24, 2.45) is 5.73 Å². The predicted octanol–water partition coefficient (Wildman–Crippen LogP) is 1.92. The van der Waals surface area contributed by atoms with E-state index in [0.717, 1.165) is 25.1 Å². The fourth-order valence-electron chi connectivity index (χ4n) is 2.58. The first-order chi connectivity index (χ1) is 9.17. The Morgan fingerprint density at radius 1 is 1.53 bits per heavy atom. The van der Waals surface area contributed by atoms with Crippen LogP contribution in [0.1, 0.15) is 19.3 Å². The van der Waals surface area contributed by atoms with Crippen LogP contribution in [0.2, 0.25) is 0 Å². The standard InChI is InChI=1S/C13H19N3O3/c1-19-13-8-10(5-6-12(13)16(17)18)15-7-3-2-4-11(15)9-14/h5-6,8,11H,2-4,7,9,14H2,1H3. The average molecular weight is 265 g/mol. The number of nitro groups is 1. The number of nitrogens with zero attached hydrogens (tertiary/aromatic N) is 2. The smallest absolute Gasteiger partial charge is 0.311 e. The third-order valence-electron chi connectivity index (χ3n) is 3.59. The summed E-state index contributed by atoms with van der Waals surface area (Å²) < 4.78 is 5.11. The lowest BCUT2D eigenvalue weighted by atomic mass is 10.0. The number of anilines is 1. The topological polar surface area (TPSA) is 81.6 Å². The molecule has 0 spiro atoms.